The largest absolute Gasteiger partial charge is 0.309 e. The predicted molar refractivity (Wildman–Crippen MR) is 287 cm³/mol. The summed E-state index contributed by atoms with van der Waals surface area (Å²) in [5, 5.41) is 2.46. The van der Waals surface area contributed by atoms with Crippen molar-refractivity contribution in [2.24, 2.45) is 0 Å². The third-order valence-corrected chi connectivity index (χ3v) is 14.1. The lowest BCUT2D eigenvalue weighted by Gasteiger charge is -2.46. The lowest BCUT2D eigenvalue weighted by Crippen LogP contribution is -2.38. The SMILES string of the molecule is c1ccc(-c2ccc(-n3c4ccccc4c4cc(-c5cccc(C6(c7ccccc7)c7ccccc7N(c7cc(-c8ccccc8)cc(-c8ccccc8)n7)c7ccccc76)c5)ccc43)cc2)cc1. The zero-order valence-electron chi connectivity index (χ0n) is 37.8. The number of anilines is 3. The lowest BCUT2D eigenvalue weighted by atomic mass is 9.62. The fraction of sp³-hybridized carbons (Fsp3) is 0.0152. The summed E-state index contributed by atoms with van der Waals surface area (Å²) >= 11 is 0. The van der Waals surface area contributed by atoms with Crippen molar-refractivity contribution in [1.29, 1.82) is 0 Å². The number of hydrogen-bond acceptors (Lipinski definition) is 2. The van der Waals surface area contributed by atoms with Crippen LogP contribution in [-0.2, 0) is 5.41 Å². The number of pyridine rings is 1. The number of benzene rings is 10. The first-order chi connectivity index (χ1) is 34.2. The molecule has 69 heavy (non-hydrogen) atoms. The summed E-state index contributed by atoms with van der Waals surface area (Å²) in [5.41, 5.74) is 18.8. The number of rotatable bonds is 8. The molecular formula is C66H45N3. The predicted octanol–water partition coefficient (Wildman–Crippen LogP) is 17.0. The van der Waals surface area contributed by atoms with E-state index < -0.39 is 5.41 Å². The van der Waals surface area contributed by atoms with Crippen LogP contribution in [0.25, 0.3) is 72.1 Å². The minimum atomic E-state index is -0.674. The smallest absolute Gasteiger partial charge is 0.138 e. The molecule has 0 amide bonds. The van der Waals surface area contributed by atoms with Crippen LogP contribution in [0.1, 0.15) is 22.3 Å². The summed E-state index contributed by atoms with van der Waals surface area (Å²) in [5.74, 6) is 0.866. The van der Waals surface area contributed by atoms with E-state index in [1.165, 1.54) is 60.8 Å². The highest BCUT2D eigenvalue weighted by atomic mass is 15.2. The van der Waals surface area contributed by atoms with E-state index in [9.17, 15) is 0 Å². The van der Waals surface area contributed by atoms with Gasteiger partial charge in [-0.05, 0) is 116 Å². The molecular weight excluding hydrogens is 835 g/mol. The molecule has 13 rings (SSSR count). The Balaban J connectivity index is 0.987. The van der Waals surface area contributed by atoms with Crippen molar-refractivity contribution in [3.63, 3.8) is 0 Å². The molecule has 0 radical (unpaired) electrons. The lowest BCUT2D eigenvalue weighted by molar-refractivity contribution is 0.730. The van der Waals surface area contributed by atoms with Gasteiger partial charge in [-0.3, -0.25) is 4.90 Å². The van der Waals surface area contributed by atoms with Crippen molar-refractivity contribution in [3.8, 4) is 50.3 Å². The first-order valence-corrected chi connectivity index (χ1v) is 23.7. The van der Waals surface area contributed by atoms with E-state index in [0.717, 1.165) is 50.8 Å². The molecule has 0 atom stereocenters. The summed E-state index contributed by atoms with van der Waals surface area (Å²) in [6, 6.07) is 99.2. The molecule has 0 saturated heterocycles. The van der Waals surface area contributed by atoms with Gasteiger partial charge in [-0.15, -0.1) is 0 Å². The molecule has 3 nitrogen and oxygen atoms in total. The van der Waals surface area contributed by atoms with Crippen LogP contribution in [0.15, 0.2) is 273 Å². The van der Waals surface area contributed by atoms with Gasteiger partial charge in [0.15, 0.2) is 0 Å². The van der Waals surface area contributed by atoms with Crippen LogP contribution in [0.2, 0.25) is 0 Å². The fourth-order valence-electron chi connectivity index (χ4n) is 11.0. The van der Waals surface area contributed by atoms with E-state index in [4.69, 9.17) is 4.98 Å². The molecule has 12 aromatic rings. The molecule has 0 unspecified atom stereocenters. The van der Waals surface area contributed by atoms with E-state index in [2.05, 4.69) is 282 Å². The maximum Gasteiger partial charge on any atom is 0.138 e. The van der Waals surface area contributed by atoms with Gasteiger partial charge in [-0.1, -0.05) is 212 Å². The molecule has 0 spiro atoms. The molecule has 324 valence electrons. The topological polar surface area (TPSA) is 21.1 Å². The normalized spacial score (nSPS) is 12.7. The number of nitrogens with zero attached hydrogens (tertiary/aromatic N) is 3. The molecule has 1 aliphatic heterocycles. The fourth-order valence-corrected chi connectivity index (χ4v) is 11.0. The van der Waals surface area contributed by atoms with Gasteiger partial charge in [-0.25, -0.2) is 4.98 Å². The number of para-hydroxylation sites is 3. The summed E-state index contributed by atoms with van der Waals surface area (Å²) in [7, 11) is 0. The van der Waals surface area contributed by atoms with Crippen LogP contribution in [0, 0.1) is 0 Å². The number of hydrogen-bond donors (Lipinski definition) is 0. The van der Waals surface area contributed by atoms with Gasteiger partial charge < -0.3 is 4.57 Å². The van der Waals surface area contributed by atoms with Gasteiger partial charge >= 0.3 is 0 Å². The second-order valence-electron chi connectivity index (χ2n) is 17.9. The van der Waals surface area contributed by atoms with E-state index >= 15 is 0 Å². The highest BCUT2D eigenvalue weighted by Crippen LogP contribution is 2.58. The minimum absolute atomic E-state index is 0.674. The molecule has 3 heterocycles. The van der Waals surface area contributed by atoms with E-state index in [1.54, 1.807) is 0 Å². The van der Waals surface area contributed by atoms with Crippen molar-refractivity contribution in [3.05, 3.63) is 295 Å². The summed E-state index contributed by atoms with van der Waals surface area (Å²) in [6.45, 7) is 0. The standard InChI is InChI=1S/C66H45N3/c1-5-20-46(21-6-1)48-36-39-55(40-37-48)68-61-33-16-13-30-56(61)57-43-51(38-41-62(57)68)50-26-19-29-54(42-50)66(53-27-11-4-12-28-53)58-31-14-17-34-63(58)69(64-35-18-15-32-59(64)66)65-45-52(47-22-7-2-8-23-47)44-60(67-65)49-24-9-3-10-25-49/h1-45H. The third-order valence-electron chi connectivity index (χ3n) is 14.1. The Bertz CT molecular complexity index is 3720. The monoisotopic (exact) mass is 879 g/mol. The molecule has 0 saturated carbocycles. The van der Waals surface area contributed by atoms with Crippen LogP contribution in [0.5, 0.6) is 0 Å². The van der Waals surface area contributed by atoms with Gasteiger partial charge in [0.05, 0.1) is 33.5 Å². The zero-order chi connectivity index (χ0) is 45.7. The molecule has 0 bridgehead atoms. The van der Waals surface area contributed by atoms with E-state index in [0.29, 0.717) is 0 Å². The first-order valence-electron chi connectivity index (χ1n) is 23.7. The second kappa shape index (κ2) is 16.7. The molecule has 2 aromatic heterocycles. The molecule has 10 aromatic carbocycles. The van der Waals surface area contributed by atoms with Crippen molar-refractivity contribution < 1.29 is 0 Å². The maximum atomic E-state index is 5.51. The van der Waals surface area contributed by atoms with Crippen LogP contribution in [0.4, 0.5) is 17.2 Å². The van der Waals surface area contributed by atoms with Crippen molar-refractivity contribution in [2.45, 2.75) is 5.41 Å². The Hall–Kier alpha value is -9.05. The highest BCUT2D eigenvalue weighted by Gasteiger charge is 2.46. The maximum absolute atomic E-state index is 5.51. The molecule has 1 aliphatic rings. The Morgan fingerprint density at radius 1 is 0.304 bits per heavy atom. The van der Waals surface area contributed by atoms with Gasteiger partial charge in [0.2, 0.25) is 0 Å². The van der Waals surface area contributed by atoms with Crippen molar-refractivity contribution >= 4 is 39.0 Å². The van der Waals surface area contributed by atoms with Gasteiger partial charge in [0.1, 0.15) is 5.82 Å². The average Bonchev–Trinajstić information content (AvgIpc) is 3.77. The number of fused-ring (bicyclic) bond motifs is 5. The molecule has 0 aliphatic carbocycles. The van der Waals surface area contributed by atoms with Crippen molar-refractivity contribution in [2.75, 3.05) is 4.90 Å². The molecule has 0 N–H and O–H groups in total. The molecule has 3 heteroatoms. The Morgan fingerprint density at radius 3 is 1.48 bits per heavy atom. The van der Waals surface area contributed by atoms with Gasteiger partial charge in [0, 0.05) is 22.0 Å². The number of aromatic nitrogens is 2. The Labute approximate surface area is 402 Å². The Morgan fingerprint density at radius 2 is 0.797 bits per heavy atom. The second-order valence-corrected chi connectivity index (χ2v) is 17.9. The molecule has 0 fully saturated rings. The van der Waals surface area contributed by atoms with E-state index in [-0.39, 0.29) is 0 Å². The summed E-state index contributed by atoms with van der Waals surface area (Å²) in [6.07, 6.45) is 0. The third kappa shape index (κ3) is 6.70. The minimum Gasteiger partial charge on any atom is -0.309 e. The zero-order valence-corrected chi connectivity index (χ0v) is 37.8. The van der Waals surface area contributed by atoms with Crippen molar-refractivity contribution in [1.82, 2.24) is 9.55 Å². The van der Waals surface area contributed by atoms with Gasteiger partial charge in [-0.2, -0.15) is 0 Å². The Kier molecular flexibility index (Phi) is 9.73. The van der Waals surface area contributed by atoms with Crippen LogP contribution in [-0.4, -0.2) is 9.55 Å². The summed E-state index contributed by atoms with van der Waals surface area (Å²) in [4.78, 5) is 7.89. The average molecular weight is 880 g/mol. The van der Waals surface area contributed by atoms with Crippen LogP contribution < -0.4 is 4.90 Å². The van der Waals surface area contributed by atoms with E-state index in [1.807, 2.05) is 0 Å². The van der Waals surface area contributed by atoms with Crippen LogP contribution >= 0.6 is 0 Å². The van der Waals surface area contributed by atoms with Crippen LogP contribution in [0.3, 0.4) is 0 Å². The highest BCUT2D eigenvalue weighted by molar-refractivity contribution is 6.10. The summed E-state index contributed by atoms with van der Waals surface area (Å²) < 4.78 is 2.40. The quantitative estimate of drug-likeness (QED) is 0.152. The first kappa shape index (κ1) is 40.2. The van der Waals surface area contributed by atoms with Gasteiger partial charge in [0.25, 0.3) is 0 Å².